The minimum absolute atomic E-state index is 0.165. The van der Waals surface area contributed by atoms with Crippen molar-refractivity contribution in [2.75, 3.05) is 25.1 Å². The molecular formula is C26H26N8O3. The number of carbonyl (C=O) groups excluding carboxylic acids is 1. The molecule has 3 aromatic heterocycles. The molecule has 2 aromatic carbocycles. The molecule has 188 valence electrons. The number of anilines is 2. The molecule has 37 heavy (non-hydrogen) atoms. The number of nitrogens with two attached hydrogens (primary N) is 1. The number of hydrogen-bond acceptors (Lipinski definition) is 9. The van der Waals surface area contributed by atoms with Gasteiger partial charge in [0.15, 0.2) is 17.3 Å². The molecule has 0 bridgehead atoms. The number of ether oxygens (including phenoxy) is 1. The zero-order valence-electron chi connectivity index (χ0n) is 20.7. The standard InChI is InChI=1S/C26H26N8O3/c1-4-34-21-13-22(28-14-20(21)30-25(34)23-24(27)32-37-31-23)36-19-7-5-6-18(12-19)29-26(35)17-10-8-16(9-11-17)15-33(2)3/h5-14H,4,15H2,1-3H3,(H2,27,32)(H,29,35). The predicted octanol–water partition coefficient (Wildman–Crippen LogP) is 4.19. The van der Waals surface area contributed by atoms with Gasteiger partial charge in [0.05, 0.1) is 11.7 Å². The van der Waals surface area contributed by atoms with Gasteiger partial charge in [0.2, 0.25) is 5.88 Å². The van der Waals surface area contributed by atoms with Gasteiger partial charge >= 0.3 is 0 Å². The molecule has 0 saturated carbocycles. The van der Waals surface area contributed by atoms with Crippen molar-refractivity contribution < 1.29 is 14.2 Å². The van der Waals surface area contributed by atoms with Crippen LogP contribution < -0.4 is 15.8 Å². The number of amides is 1. The van der Waals surface area contributed by atoms with Gasteiger partial charge in [-0.3, -0.25) is 4.79 Å². The molecule has 0 unspecified atom stereocenters. The Morgan fingerprint density at radius 2 is 1.95 bits per heavy atom. The second-order valence-corrected chi connectivity index (χ2v) is 8.71. The first-order valence-electron chi connectivity index (χ1n) is 11.7. The van der Waals surface area contributed by atoms with Gasteiger partial charge in [-0.05, 0) is 61.2 Å². The van der Waals surface area contributed by atoms with Gasteiger partial charge in [0, 0.05) is 36.5 Å². The topological polar surface area (TPSA) is 137 Å². The van der Waals surface area contributed by atoms with Crippen molar-refractivity contribution >= 4 is 28.4 Å². The lowest BCUT2D eigenvalue weighted by Gasteiger charge is -2.11. The molecule has 0 atom stereocenters. The highest BCUT2D eigenvalue weighted by Gasteiger charge is 2.19. The van der Waals surface area contributed by atoms with E-state index in [9.17, 15) is 4.79 Å². The van der Waals surface area contributed by atoms with Gasteiger partial charge in [-0.2, -0.15) is 0 Å². The van der Waals surface area contributed by atoms with Crippen molar-refractivity contribution in [1.82, 2.24) is 29.7 Å². The van der Waals surface area contributed by atoms with Gasteiger partial charge < -0.3 is 25.3 Å². The van der Waals surface area contributed by atoms with Crippen molar-refractivity contribution in [1.29, 1.82) is 0 Å². The number of nitrogen functional groups attached to an aromatic ring is 1. The summed E-state index contributed by atoms with van der Waals surface area (Å²) in [4.78, 5) is 23.8. The highest BCUT2D eigenvalue weighted by molar-refractivity contribution is 6.04. The van der Waals surface area contributed by atoms with Gasteiger partial charge in [0.25, 0.3) is 5.91 Å². The molecule has 5 rings (SSSR count). The molecule has 5 aromatic rings. The Balaban J connectivity index is 1.34. The van der Waals surface area contributed by atoms with Crippen LogP contribution in [-0.2, 0) is 13.1 Å². The lowest BCUT2D eigenvalue weighted by molar-refractivity contribution is 0.102. The van der Waals surface area contributed by atoms with Gasteiger partial charge in [-0.15, -0.1) is 0 Å². The molecule has 0 aliphatic heterocycles. The SMILES string of the molecule is CCn1c(-c2nonc2N)nc2cnc(Oc3cccc(NC(=O)c4ccc(CN(C)C)cc4)c3)cc21. The zero-order valence-corrected chi connectivity index (χ0v) is 20.7. The summed E-state index contributed by atoms with van der Waals surface area (Å²) < 4.78 is 12.7. The van der Waals surface area contributed by atoms with Gasteiger partial charge in [-0.1, -0.05) is 18.2 Å². The number of carbonyl (C=O) groups is 1. The Labute approximate surface area is 212 Å². The summed E-state index contributed by atoms with van der Waals surface area (Å²) in [5, 5.41) is 10.4. The third-order valence-electron chi connectivity index (χ3n) is 5.68. The number of aromatic nitrogens is 5. The van der Waals surface area contributed by atoms with Crippen LogP contribution in [-0.4, -0.2) is 49.8 Å². The maximum absolute atomic E-state index is 12.7. The van der Waals surface area contributed by atoms with E-state index in [0.717, 1.165) is 17.6 Å². The maximum Gasteiger partial charge on any atom is 0.255 e. The van der Waals surface area contributed by atoms with Gasteiger partial charge in [0.1, 0.15) is 11.3 Å². The second-order valence-electron chi connectivity index (χ2n) is 8.71. The zero-order chi connectivity index (χ0) is 25.9. The van der Waals surface area contributed by atoms with E-state index in [1.807, 2.05) is 49.9 Å². The summed E-state index contributed by atoms with van der Waals surface area (Å²) in [6, 6.07) is 16.5. The molecule has 1 amide bonds. The normalized spacial score (nSPS) is 11.2. The molecule has 0 fully saturated rings. The Morgan fingerprint density at radius 3 is 2.65 bits per heavy atom. The molecular weight excluding hydrogens is 472 g/mol. The molecule has 0 aliphatic rings. The average Bonchev–Trinajstić information content (AvgIpc) is 3.46. The van der Waals surface area contributed by atoms with E-state index in [1.54, 1.807) is 36.5 Å². The van der Waals surface area contributed by atoms with Crippen molar-refractivity contribution in [3.8, 4) is 23.1 Å². The predicted molar refractivity (Wildman–Crippen MR) is 139 cm³/mol. The minimum Gasteiger partial charge on any atom is -0.439 e. The van der Waals surface area contributed by atoms with E-state index in [1.165, 1.54) is 0 Å². The first-order valence-corrected chi connectivity index (χ1v) is 11.7. The van der Waals surface area contributed by atoms with Crippen LogP contribution in [0.25, 0.3) is 22.6 Å². The average molecular weight is 499 g/mol. The molecule has 3 heterocycles. The molecule has 11 heteroatoms. The van der Waals surface area contributed by atoms with Gasteiger partial charge in [-0.25, -0.2) is 14.6 Å². The van der Waals surface area contributed by atoms with E-state index < -0.39 is 0 Å². The number of aryl methyl sites for hydroxylation is 1. The summed E-state index contributed by atoms with van der Waals surface area (Å²) in [7, 11) is 4.01. The Morgan fingerprint density at radius 1 is 1.14 bits per heavy atom. The van der Waals surface area contributed by atoms with E-state index in [0.29, 0.717) is 46.5 Å². The van der Waals surface area contributed by atoms with E-state index in [-0.39, 0.29) is 11.7 Å². The molecule has 11 nitrogen and oxygen atoms in total. The third kappa shape index (κ3) is 5.11. The van der Waals surface area contributed by atoms with Crippen molar-refractivity contribution in [3.63, 3.8) is 0 Å². The van der Waals surface area contributed by atoms with Crippen LogP contribution in [0.5, 0.6) is 11.6 Å². The number of hydrogen-bond donors (Lipinski definition) is 2. The van der Waals surface area contributed by atoms with Crippen molar-refractivity contribution in [2.45, 2.75) is 20.0 Å². The summed E-state index contributed by atoms with van der Waals surface area (Å²) in [5.41, 5.74) is 10.0. The van der Waals surface area contributed by atoms with E-state index in [4.69, 9.17) is 15.1 Å². The second kappa shape index (κ2) is 10.1. The molecule has 0 aliphatic carbocycles. The third-order valence-corrected chi connectivity index (χ3v) is 5.68. The van der Waals surface area contributed by atoms with E-state index in [2.05, 4.69) is 30.5 Å². The molecule has 0 radical (unpaired) electrons. The monoisotopic (exact) mass is 498 g/mol. The molecule has 0 saturated heterocycles. The van der Waals surface area contributed by atoms with Crippen LogP contribution in [0.3, 0.4) is 0 Å². The van der Waals surface area contributed by atoms with Crippen LogP contribution in [0.1, 0.15) is 22.8 Å². The Bertz CT molecular complexity index is 1560. The Hall–Kier alpha value is -4.77. The molecule has 3 N–H and O–H groups in total. The van der Waals surface area contributed by atoms with Crippen LogP contribution in [0.15, 0.2) is 65.4 Å². The number of fused-ring (bicyclic) bond motifs is 1. The fraction of sp³-hybridized carbons (Fsp3) is 0.192. The first-order chi connectivity index (χ1) is 17.9. The summed E-state index contributed by atoms with van der Waals surface area (Å²) >= 11 is 0. The lowest BCUT2D eigenvalue weighted by Crippen LogP contribution is -2.13. The first kappa shape index (κ1) is 23.9. The lowest BCUT2D eigenvalue weighted by atomic mass is 10.1. The number of nitrogens with zero attached hydrogens (tertiary/aromatic N) is 6. The maximum atomic E-state index is 12.7. The fourth-order valence-electron chi connectivity index (χ4n) is 4.01. The van der Waals surface area contributed by atoms with Crippen LogP contribution in [0, 0.1) is 0 Å². The summed E-state index contributed by atoms with van der Waals surface area (Å²) in [6.45, 7) is 3.41. The molecule has 0 spiro atoms. The van der Waals surface area contributed by atoms with Crippen molar-refractivity contribution in [3.05, 3.63) is 71.9 Å². The summed E-state index contributed by atoms with van der Waals surface area (Å²) in [5.74, 6) is 1.40. The number of benzene rings is 2. The fourth-order valence-corrected chi connectivity index (χ4v) is 4.01. The van der Waals surface area contributed by atoms with Crippen LogP contribution >= 0.6 is 0 Å². The number of imidazole rings is 1. The smallest absolute Gasteiger partial charge is 0.255 e. The minimum atomic E-state index is -0.200. The number of nitrogens with one attached hydrogen (secondary N) is 1. The summed E-state index contributed by atoms with van der Waals surface area (Å²) in [6.07, 6.45) is 1.62. The van der Waals surface area contributed by atoms with Crippen LogP contribution in [0.4, 0.5) is 11.5 Å². The largest absolute Gasteiger partial charge is 0.439 e. The highest BCUT2D eigenvalue weighted by atomic mass is 16.6. The quantitative estimate of drug-likeness (QED) is 0.322. The van der Waals surface area contributed by atoms with E-state index >= 15 is 0 Å². The highest BCUT2D eigenvalue weighted by Crippen LogP contribution is 2.30. The van der Waals surface area contributed by atoms with Crippen LogP contribution in [0.2, 0.25) is 0 Å². The number of rotatable bonds is 8. The number of pyridine rings is 1. The van der Waals surface area contributed by atoms with Crippen molar-refractivity contribution in [2.24, 2.45) is 0 Å². The Kier molecular flexibility index (Phi) is 6.52.